The highest BCUT2D eigenvalue weighted by atomic mass is 16.3. The van der Waals surface area contributed by atoms with Crippen molar-refractivity contribution in [3.8, 4) is 0 Å². The van der Waals surface area contributed by atoms with Gasteiger partial charge in [-0.3, -0.25) is 9.59 Å². The van der Waals surface area contributed by atoms with Crippen LogP contribution in [0.4, 0.5) is 0 Å². The molecule has 2 aliphatic carbocycles. The highest BCUT2D eigenvalue weighted by molar-refractivity contribution is 5.96. The zero-order chi connectivity index (χ0) is 26.6. The molecule has 5 rings (SSSR count). The summed E-state index contributed by atoms with van der Waals surface area (Å²) in [6, 6.07) is 21.0. The molecule has 3 aromatic carbocycles. The number of hydrogen-bond donors (Lipinski definition) is 4. The van der Waals surface area contributed by atoms with Gasteiger partial charge in [0.1, 0.15) is 0 Å². The molecule has 4 atom stereocenters. The summed E-state index contributed by atoms with van der Waals surface area (Å²) in [5.74, 6) is -1.17. The van der Waals surface area contributed by atoms with Gasteiger partial charge in [-0.2, -0.15) is 0 Å². The fourth-order valence-corrected chi connectivity index (χ4v) is 6.22. The van der Waals surface area contributed by atoms with Crippen molar-refractivity contribution >= 4 is 11.8 Å². The second-order valence-corrected chi connectivity index (χ2v) is 10.7. The minimum atomic E-state index is -0.838. The number of aliphatic hydroxyl groups is 2. The topological polar surface area (TPSA) is 113 Å². The molecule has 6 heteroatoms. The molecule has 0 spiro atoms. The third-order valence-corrected chi connectivity index (χ3v) is 8.08. The molecule has 198 valence electrons. The molecule has 0 aromatic heterocycles. The summed E-state index contributed by atoms with van der Waals surface area (Å²) in [5, 5.41) is 24.9. The molecule has 0 aliphatic heterocycles. The van der Waals surface area contributed by atoms with Crippen LogP contribution < -0.4 is 11.1 Å². The van der Waals surface area contributed by atoms with Gasteiger partial charge in [-0.25, -0.2) is 0 Å². The summed E-state index contributed by atoms with van der Waals surface area (Å²) in [5.41, 5.74) is 12.2. The SMILES string of the molecule is NC(=O)c1c(C[C@H](O)C[C@@H](Cc2ccccc2)C(=O)N[C@H]2c3ccccc3C[C@H]2O)ccc2c1CCCC2. The minimum absolute atomic E-state index is 0.200. The highest BCUT2D eigenvalue weighted by Gasteiger charge is 2.34. The van der Waals surface area contributed by atoms with Gasteiger partial charge in [0, 0.05) is 17.9 Å². The Bertz CT molecular complexity index is 1310. The highest BCUT2D eigenvalue weighted by Crippen LogP contribution is 2.32. The molecule has 5 N–H and O–H groups in total. The van der Waals surface area contributed by atoms with Crippen LogP contribution in [0.15, 0.2) is 66.7 Å². The van der Waals surface area contributed by atoms with E-state index in [1.54, 1.807) is 0 Å². The van der Waals surface area contributed by atoms with Crippen molar-refractivity contribution in [1.29, 1.82) is 0 Å². The summed E-state index contributed by atoms with van der Waals surface area (Å²) in [4.78, 5) is 26.0. The maximum absolute atomic E-state index is 13.6. The van der Waals surface area contributed by atoms with Crippen LogP contribution in [0.1, 0.15) is 69.0 Å². The van der Waals surface area contributed by atoms with Gasteiger partial charge in [0.25, 0.3) is 0 Å². The van der Waals surface area contributed by atoms with E-state index in [9.17, 15) is 19.8 Å². The number of carbonyl (C=O) groups is 2. The molecule has 0 fully saturated rings. The van der Waals surface area contributed by atoms with Crippen molar-refractivity contribution in [2.45, 2.75) is 69.6 Å². The van der Waals surface area contributed by atoms with Crippen molar-refractivity contribution in [2.24, 2.45) is 11.7 Å². The number of hydrogen-bond acceptors (Lipinski definition) is 4. The number of aliphatic hydroxyl groups excluding tert-OH is 2. The average molecular weight is 513 g/mol. The molecule has 2 aliphatic rings. The Morgan fingerprint density at radius 3 is 2.45 bits per heavy atom. The quantitative estimate of drug-likeness (QED) is 0.351. The molecular formula is C32H36N2O4. The van der Waals surface area contributed by atoms with Crippen molar-refractivity contribution in [2.75, 3.05) is 0 Å². The van der Waals surface area contributed by atoms with Crippen molar-refractivity contribution < 1.29 is 19.8 Å². The number of benzene rings is 3. The molecule has 2 amide bonds. The van der Waals surface area contributed by atoms with E-state index in [0.29, 0.717) is 18.4 Å². The fraction of sp³-hybridized carbons (Fsp3) is 0.375. The second kappa shape index (κ2) is 11.5. The third kappa shape index (κ3) is 5.66. The third-order valence-electron chi connectivity index (χ3n) is 8.08. The first kappa shape index (κ1) is 26.1. The van der Waals surface area contributed by atoms with Gasteiger partial charge < -0.3 is 21.3 Å². The zero-order valence-electron chi connectivity index (χ0n) is 21.6. The molecular weight excluding hydrogens is 476 g/mol. The van der Waals surface area contributed by atoms with Crippen LogP contribution in [-0.4, -0.2) is 34.2 Å². The number of nitrogens with two attached hydrogens (primary N) is 1. The van der Waals surface area contributed by atoms with E-state index in [-0.39, 0.29) is 18.7 Å². The first-order valence-corrected chi connectivity index (χ1v) is 13.6. The molecule has 38 heavy (non-hydrogen) atoms. The van der Waals surface area contributed by atoms with Crippen LogP contribution >= 0.6 is 0 Å². The van der Waals surface area contributed by atoms with Crippen LogP contribution in [-0.2, 0) is 36.9 Å². The van der Waals surface area contributed by atoms with Gasteiger partial charge >= 0.3 is 0 Å². The lowest BCUT2D eigenvalue weighted by molar-refractivity contribution is -0.127. The van der Waals surface area contributed by atoms with Gasteiger partial charge in [-0.1, -0.05) is 66.7 Å². The lowest BCUT2D eigenvalue weighted by atomic mass is 9.83. The predicted molar refractivity (Wildman–Crippen MR) is 147 cm³/mol. The maximum atomic E-state index is 13.6. The van der Waals surface area contributed by atoms with Crippen LogP contribution in [0.3, 0.4) is 0 Å². The smallest absolute Gasteiger partial charge is 0.249 e. The Kier molecular flexibility index (Phi) is 7.91. The molecule has 0 radical (unpaired) electrons. The lowest BCUT2D eigenvalue weighted by Gasteiger charge is -2.25. The summed E-state index contributed by atoms with van der Waals surface area (Å²) in [6.07, 6.45) is 3.79. The largest absolute Gasteiger partial charge is 0.393 e. The first-order chi connectivity index (χ1) is 18.4. The molecule has 0 saturated carbocycles. The Hall–Kier alpha value is -3.48. The van der Waals surface area contributed by atoms with E-state index >= 15 is 0 Å². The van der Waals surface area contributed by atoms with Gasteiger partial charge in [0.2, 0.25) is 11.8 Å². The summed E-state index contributed by atoms with van der Waals surface area (Å²) < 4.78 is 0. The number of rotatable bonds is 9. The molecule has 3 aromatic rings. The summed E-state index contributed by atoms with van der Waals surface area (Å²) >= 11 is 0. The van der Waals surface area contributed by atoms with Crippen molar-refractivity contribution in [1.82, 2.24) is 5.32 Å². The van der Waals surface area contributed by atoms with Crippen molar-refractivity contribution in [3.63, 3.8) is 0 Å². The van der Waals surface area contributed by atoms with Gasteiger partial charge in [0.15, 0.2) is 0 Å². The number of carbonyl (C=O) groups excluding carboxylic acids is 2. The minimum Gasteiger partial charge on any atom is -0.393 e. The van der Waals surface area contributed by atoms with E-state index in [1.165, 1.54) is 5.56 Å². The molecule has 0 heterocycles. The average Bonchev–Trinajstić information content (AvgIpc) is 3.23. The molecule has 0 bridgehead atoms. The van der Waals surface area contributed by atoms with Crippen molar-refractivity contribution in [3.05, 3.63) is 106 Å². The zero-order valence-corrected chi connectivity index (χ0v) is 21.6. The first-order valence-electron chi connectivity index (χ1n) is 13.6. The van der Waals surface area contributed by atoms with Gasteiger partial charge in [-0.15, -0.1) is 0 Å². The number of amides is 2. The van der Waals surface area contributed by atoms with Crippen LogP contribution in [0.25, 0.3) is 0 Å². The molecule has 6 nitrogen and oxygen atoms in total. The second-order valence-electron chi connectivity index (χ2n) is 10.7. The Morgan fingerprint density at radius 2 is 1.66 bits per heavy atom. The number of primary amides is 1. The van der Waals surface area contributed by atoms with E-state index in [0.717, 1.165) is 53.5 Å². The van der Waals surface area contributed by atoms with E-state index in [1.807, 2.05) is 60.7 Å². The van der Waals surface area contributed by atoms with Gasteiger partial charge in [-0.05, 0) is 78.3 Å². The number of aryl methyl sites for hydroxylation is 1. The Balaban J connectivity index is 1.35. The molecule has 0 saturated heterocycles. The number of fused-ring (bicyclic) bond motifs is 2. The maximum Gasteiger partial charge on any atom is 0.249 e. The monoisotopic (exact) mass is 512 g/mol. The Labute approximate surface area is 223 Å². The normalized spacial score (nSPS) is 19.7. The van der Waals surface area contributed by atoms with Gasteiger partial charge in [0.05, 0.1) is 18.2 Å². The van der Waals surface area contributed by atoms with E-state index in [4.69, 9.17) is 5.73 Å². The summed E-state index contributed by atoms with van der Waals surface area (Å²) in [7, 11) is 0. The Morgan fingerprint density at radius 1 is 0.921 bits per heavy atom. The lowest BCUT2D eigenvalue weighted by Crippen LogP contribution is -2.40. The predicted octanol–water partition coefficient (Wildman–Crippen LogP) is 3.59. The number of nitrogens with one attached hydrogen (secondary N) is 1. The molecule has 0 unspecified atom stereocenters. The standard InChI is InChI=1S/C32H36N2O4/c33-31(37)29-23(15-14-21-10-4-6-12-26(21)29)17-25(35)18-24(16-20-8-2-1-3-9-20)32(38)34-30-27-13-7-5-11-22(27)19-28(30)36/h1-3,5,7-9,11,13-15,24-25,28,30,35-36H,4,6,10,12,16-19H2,(H2,33,37)(H,34,38)/t24-,25+,28-,30+/m1/s1. The van der Waals surface area contributed by atoms with Crippen LogP contribution in [0.5, 0.6) is 0 Å². The summed E-state index contributed by atoms with van der Waals surface area (Å²) in [6.45, 7) is 0. The van der Waals surface area contributed by atoms with E-state index < -0.39 is 30.1 Å². The van der Waals surface area contributed by atoms with Crippen LogP contribution in [0, 0.1) is 5.92 Å². The van der Waals surface area contributed by atoms with E-state index in [2.05, 4.69) is 11.4 Å². The van der Waals surface area contributed by atoms with Crippen LogP contribution in [0.2, 0.25) is 0 Å². The fourth-order valence-electron chi connectivity index (χ4n) is 6.22.